The maximum atomic E-state index is 14.4. The number of alkyl halides is 3. The molecule has 2 aromatic rings. The van der Waals surface area contributed by atoms with Crippen molar-refractivity contribution in [2.75, 3.05) is 13.1 Å². The van der Waals surface area contributed by atoms with Gasteiger partial charge >= 0.3 is 12.1 Å². The van der Waals surface area contributed by atoms with E-state index in [1.165, 1.54) is 17.3 Å². The number of amides is 1. The standard InChI is InChI=1S/C27H33Cl2F3N4O3/c1-25(2)10-16(11-25)15-35(9-6-18-20(28)13-33-14-21(18)29)23(37)19-12-34-36(22(19)27(30,31)32)17-4-7-26(3,8-5-17)24(38)39/h12-14,16-17H,4-11,15H2,1-3H3,(H,38,39)/t17-,26-. The second-order valence-corrected chi connectivity index (χ2v) is 12.8. The van der Waals surface area contributed by atoms with Crippen LogP contribution in [0.4, 0.5) is 13.2 Å². The summed E-state index contributed by atoms with van der Waals surface area (Å²) in [6.07, 6.45) is 1.94. The van der Waals surface area contributed by atoms with Crippen LogP contribution >= 0.6 is 23.2 Å². The van der Waals surface area contributed by atoms with Gasteiger partial charge in [-0.2, -0.15) is 18.3 Å². The average molecular weight is 589 g/mol. The molecule has 2 aliphatic rings. The fourth-order valence-electron chi connectivity index (χ4n) is 6.09. The zero-order valence-electron chi connectivity index (χ0n) is 22.2. The molecule has 7 nitrogen and oxygen atoms in total. The van der Waals surface area contributed by atoms with E-state index >= 15 is 0 Å². The van der Waals surface area contributed by atoms with Crippen molar-refractivity contribution in [3.05, 3.63) is 45.5 Å². The summed E-state index contributed by atoms with van der Waals surface area (Å²) in [6.45, 7) is 6.29. The van der Waals surface area contributed by atoms with Crippen molar-refractivity contribution in [1.82, 2.24) is 19.7 Å². The van der Waals surface area contributed by atoms with Crippen LogP contribution in [0.5, 0.6) is 0 Å². The molecule has 1 amide bonds. The molecule has 0 spiro atoms. The topological polar surface area (TPSA) is 88.3 Å². The van der Waals surface area contributed by atoms with E-state index in [0.717, 1.165) is 23.7 Å². The van der Waals surface area contributed by atoms with Crippen molar-refractivity contribution in [1.29, 1.82) is 0 Å². The predicted molar refractivity (Wildman–Crippen MR) is 141 cm³/mol. The number of nitrogens with zero attached hydrogens (tertiary/aromatic N) is 4. The Hall–Kier alpha value is -2.33. The van der Waals surface area contributed by atoms with Gasteiger partial charge in [0.25, 0.3) is 5.91 Å². The van der Waals surface area contributed by atoms with E-state index in [1.54, 1.807) is 6.92 Å². The lowest BCUT2D eigenvalue weighted by Crippen LogP contribution is -2.44. The first-order valence-corrected chi connectivity index (χ1v) is 13.8. The quantitative estimate of drug-likeness (QED) is 0.361. The molecule has 2 saturated carbocycles. The largest absolute Gasteiger partial charge is 0.481 e. The van der Waals surface area contributed by atoms with Gasteiger partial charge < -0.3 is 10.0 Å². The molecular formula is C27H33Cl2F3N4O3. The minimum Gasteiger partial charge on any atom is -0.481 e. The van der Waals surface area contributed by atoms with Gasteiger partial charge in [0, 0.05) is 25.5 Å². The summed E-state index contributed by atoms with van der Waals surface area (Å²) in [6, 6.07) is -0.647. The van der Waals surface area contributed by atoms with Crippen LogP contribution in [0.1, 0.15) is 87.0 Å². The first-order valence-electron chi connectivity index (χ1n) is 13.1. The number of carbonyl (C=O) groups excluding carboxylic acids is 1. The number of rotatable bonds is 8. The Labute approximate surface area is 235 Å². The highest BCUT2D eigenvalue weighted by atomic mass is 35.5. The third-order valence-corrected chi connectivity index (χ3v) is 8.90. The van der Waals surface area contributed by atoms with E-state index in [-0.39, 0.29) is 50.0 Å². The highest BCUT2D eigenvalue weighted by Gasteiger charge is 2.45. The van der Waals surface area contributed by atoms with E-state index < -0.39 is 40.8 Å². The highest BCUT2D eigenvalue weighted by Crippen LogP contribution is 2.46. The Morgan fingerprint density at radius 3 is 2.21 bits per heavy atom. The molecule has 0 radical (unpaired) electrons. The minimum absolute atomic E-state index is 0.127. The van der Waals surface area contributed by atoms with E-state index in [1.807, 2.05) is 0 Å². The maximum absolute atomic E-state index is 14.4. The summed E-state index contributed by atoms with van der Waals surface area (Å²) in [4.78, 5) is 30.7. The normalized spacial score (nSPS) is 23.3. The molecule has 0 aliphatic heterocycles. The second kappa shape index (κ2) is 10.9. The summed E-state index contributed by atoms with van der Waals surface area (Å²) in [5.41, 5.74) is -1.86. The molecule has 12 heteroatoms. The average Bonchev–Trinajstić information content (AvgIpc) is 3.27. The van der Waals surface area contributed by atoms with E-state index in [4.69, 9.17) is 23.2 Å². The molecule has 0 bridgehead atoms. The molecule has 2 aliphatic carbocycles. The molecule has 2 heterocycles. The number of hydrogen-bond acceptors (Lipinski definition) is 4. The van der Waals surface area contributed by atoms with Crippen molar-refractivity contribution in [3.63, 3.8) is 0 Å². The van der Waals surface area contributed by atoms with Crippen LogP contribution in [0.2, 0.25) is 10.0 Å². The first-order chi connectivity index (χ1) is 18.1. The van der Waals surface area contributed by atoms with Gasteiger partial charge in [0.2, 0.25) is 0 Å². The Balaban J connectivity index is 1.61. The van der Waals surface area contributed by atoms with Crippen molar-refractivity contribution in [2.24, 2.45) is 16.7 Å². The Morgan fingerprint density at radius 2 is 1.69 bits per heavy atom. The van der Waals surface area contributed by atoms with Gasteiger partial charge in [0.05, 0.1) is 33.3 Å². The second-order valence-electron chi connectivity index (χ2n) is 12.0. The van der Waals surface area contributed by atoms with E-state index in [0.29, 0.717) is 22.2 Å². The Kier molecular flexibility index (Phi) is 8.30. The van der Waals surface area contributed by atoms with Crippen LogP contribution in [-0.2, 0) is 17.4 Å². The van der Waals surface area contributed by atoms with Crippen LogP contribution in [0.15, 0.2) is 18.6 Å². The lowest BCUT2D eigenvalue weighted by molar-refractivity contribution is -0.152. The van der Waals surface area contributed by atoms with Crippen molar-refractivity contribution in [2.45, 2.75) is 77.9 Å². The van der Waals surface area contributed by atoms with Crippen LogP contribution in [0.25, 0.3) is 0 Å². The van der Waals surface area contributed by atoms with Gasteiger partial charge in [-0.05, 0) is 68.8 Å². The van der Waals surface area contributed by atoms with Crippen molar-refractivity contribution >= 4 is 35.1 Å². The molecule has 4 rings (SSSR count). The molecule has 0 saturated heterocycles. The summed E-state index contributed by atoms with van der Waals surface area (Å²) in [5, 5.41) is 14.2. The van der Waals surface area contributed by atoms with Crippen LogP contribution in [0.3, 0.4) is 0 Å². The monoisotopic (exact) mass is 588 g/mol. The fraction of sp³-hybridized carbons (Fsp3) is 0.630. The maximum Gasteiger partial charge on any atom is 0.433 e. The van der Waals surface area contributed by atoms with Crippen LogP contribution < -0.4 is 0 Å². The number of carboxylic acid groups (broad SMARTS) is 1. The van der Waals surface area contributed by atoms with Crippen molar-refractivity contribution < 1.29 is 27.9 Å². The van der Waals surface area contributed by atoms with Gasteiger partial charge in [0.15, 0.2) is 5.69 Å². The predicted octanol–water partition coefficient (Wildman–Crippen LogP) is 6.93. The molecule has 0 aromatic carbocycles. The van der Waals surface area contributed by atoms with Gasteiger partial charge in [-0.25, -0.2) is 0 Å². The van der Waals surface area contributed by atoms with Crippen LogP contribution in [-0.4, -0.2) is 49.7 Å². The zero-order chi connectivity index (χ0) is 28.8. The summed E-state index contributed by atoms with van der Waals surface area (Å²) in [5.74, 6) is -1.54. The lowest BCUT2D eigenvalue weighted by Gasteiger charge is -2.44. The molecule has 1 N–H and O–H groups in total. The van der Waals surface area contributed by atoms with Crippen LogP contribution in [0, 0.1) is 16.7 Å². The number of pyridine rings is 1. The van der Waals surface area contributed by atoms with Gasteiger partial charge in [-0.1, -0.05) is 37.0 Å². The highest BCUT2D eigenvalue weighted by molar-refractivity contribution is 6.35. The van der Waals surface area contributed by atoms with E-state index in [9.17, 15) is 27.9 Å². The third-order valence-electron chi connectivity index (χ3n) is 8.25. The molecule has 0 unspecified atom stereocenters. The number of hydrogen-bond donors (Lipinski definition) is 1. The van der Waals surface area contributed by atoms with Gasteiger partial charge in [0.1, 0.15) is 0 Å². The SMILES string of the molecule is CC1(C)CC(CN(CCc2c(Cl)cncc2Cl)C(=O)c2cnn([C@H]3CC[C@](C)(C(=O)O)CC3)c2C(F)(F)F)C1. The molecule has 0 atom stereocenters. The third kappa shape index (κ3) is 6.37. The smallest absolute Gasteiger partial charge is 0.433 e. The number of aliphatic carboxylic acids is 1. The zero-order valence-corrected chi connectivity index (χ0v) is 23.7. The molecule has 2 fully saturated rings. The Bertz CT molecular complexity index is 1210. The summed E-state index contributed by atoms with van der Waals surface area (Å²) < 4.78 is 44.2. The Morgan fingerprint density at radius 1 is 1.10 bits per heavy atom. The molecular weight excluding hydrogens is 556 g/mol. The first kappa shape index (κ1) is 29.6. The van der Waals surface area contributed by atoms with Gasteiger partial charge in [-0.3, -0.25) is 19.3 Å². The fourth-order valence-corrected chi connectivity index (χ4v) is 6.64. The minimum atomic E-state index is -4.82. The number of aromatic nitrogens is 3. The number of carboxylic acids is 1. The summed E-state index contributed by atoms with van der Waals surface area (Å²) in [7, 11) is 0. The molecule has 214 valence electrons. The van der Waals surface area contributed by atoms with Crippen molar-refractivity contribution in [3.8, 4) is 0 Å². The number of halogens is 5. The van der Waals surface area contributed by atoms with E-state index in [2.05, 4.69) is 23.9 Å². The van der Waals surface area contributed by atoms with Gasteiger partial charge in [-0.15, -0.1) is 0 Å². The summed E-state index contributed by atoms with van der Waals surface area (Å²) >= 11 is 12.5. The molecule has 2 aromatic heterocycles. The molecule has 39 heavy (non-hydrogen) atoms. The number of carbonyl (C=O) groups is 2. The lowest BCUT2D eigenvalue weighted by atomic mass is 9.64.